The highest BCUT2D eigenvalue weighted by atomic mass is 32.2. The fourth-order valence-electron chi connectivity index (χ4n) is 2.06. The van der Waals surface area contributed by atoms with Crippen molar-refractivity contribution in [3.8, 4) is 5.88 Å². The Hall–Kier alpha value is -2.41. The molecule has 128 valence electrons. The number of benzene rings is 1. The number of amides is 1. The number of rotatable bonds is 5. The summed E-state index contributed by atoms with van der Waals surface area (Å²) >= 11 is 0. The van der Waals surface area contributed by atoms with Gasteiger partial charge in [0.25, 0.3) is 15.9 Å². The maximum absolute atomic E-state index is 12.4. The van der Waals surface area contributed by atoms with Crippen LogP contribution >= 0.6 is 0 Å². The van der Waals surface area contributed by atoms with Crippen LogP contribution < -0.4 is 9.46 Å². The molecule has 1 N–H and O–H groups in total. The zero-order valence-electron chi connectivity index (χ0n) is 14.0. The summed E-state index contributed by atoms with van der Waals surface area (Å²) < 4.78 is 32.3. The zero-order chi connectivity index (χ0) is 17.9. The number of pyridine rings is 1. The van der Waals surface area contributed by atoms with Crippen molar-refractivity contribution in [3.63, 3.8) is 0 Å². The molecule has 2 rings (SSSR count). The van der Waals surface area contributed by atoms with E-state index >= 15 is 0 Å². The number of carbonyl (C=O) groups excluding carboxylic acids is 1. The molecule has 0 saturated heterocycles. The summed E-state index contributed by atoms with van der Waals surface area (Å²) in [5.41, 5.74) is 1.50. The number of nitrogens with zero attached hydrogens (tertiary/aromatic N) is 1. The lowest BCUT2D eigenvalue weighted by molar-refractivity contribution is 0.0981. The maximum Gasteiger partial charge on any atom is 0.266 e. The lowest BCUT2D eigenvalue weighted by Gasteiger charge is -2.11. The fraction of sp³-hybridized carbons (Fsp3) is 0.294. The molecule has 0 saturated carbocycles. The molecule has 0 radical (unpaired) electrons. The Morgan fingerprint density at radius 3 is 2.46 bits per heavy atom. The lowest BCUT2D eigenvalue weighted by Crippen LogP contribution is -2.31. The quantitative estimate of drug-likeness (QED) is 0.898. The maximum atomic E-state index is 12.4. The molecule has 1 amide bonds. The van der Waals surface area contributed by atoms with E-state index in [0.29, 0.717) is 11.4 Å². The minimum absolute atomic E-state index is 0.0400. The van der Waals surface area contributed by atoms with Crippen molar-refractivity contribution in [1.82, 2.24) is 9.71 Å². The van der Waals surface area contributed by atoms with Gasteiger partial charge in [0.15, 0.2) is 0 Å². The van der Waals surface area contributed by atoms with Gasteiger partial charge in [-0.25, -0.2) is 18.1 Å². The third kappa shape index (κ3) is 4.32. The summed E-state index contributed by atoms with van der Waals surface area (Å²) in [5, 5.41) is 0. The Kier molecular flexibility index (Phi) is 5.23. The van der Waals surface area contributed by atoms with Crippen LogP contribution in [0, 0.1) is 13.8 Å². The van der Waals surface area contributed by atoms with Gasteiger partial charge in [-0.15, -0.1) is 0 Å². The molecule has 24 heavy (non-hydrogen) atoms. The van der Waals surface area contributed by atoms with Crippen molar-refractivity contribution < 1.29 is 17.9 Å². The molecular weight excluding hydrogens is 328 g/mol. The smallest absolute Gasteiger partial charge is 0.266 e. The number of nitrogens with one attached hydrogen (secondary N) is 1. The van der Waals surface area contributed by atoms with Crippen LogP contribution in [0.2, 0.25) is 0 Å². The summed E-state index contributed by atoms with van der Waals surface area (Å²) in [5.74, 6) is -0.363. The van der Waals surface area contributed by atoms with Crippen molar-refractivity contribution >= 4 is 15.9 Å². The highest BCUT2D eigenvalue weighted by Crippen LogP contribution is 2.17. The lowest BCUT2D eigenvalue weighted by atomic mass is 10.2. The van der Waals surface area contributed by atoms with E-state index in [9.17, 15) is 13.2 Å². The number of aromatic nitrogens is 1. The Bertz CT molecular complexity index is 843. The SMILES string of the molecule is Cc1ccc(C)c(S(=O)(=O)NC(=O)c2ccc(OC(C)C)nc2)c1. The van der Waals surface area contributed by atoms with E-state index in [1.807, 2.05) is 19.9 Å². The van der Waals surface area contributed by atoms with Crippen LogP contribution in [0.3, 0.4) is 0 Å². The van der Waals surface area contributed by atoms with Gasteiger partial charge in [0.2, 0.25) is 5.88 Å². The van der Waals surface area contributed by atoms with E-state index in [4.69, 9.17) is 4.74 Å². The van der Waals surface area contributed by atoms with Crippen LogP contribution in [-0.2, 0) is 10.0 Å². The summed E-state index contributed by atoms with van der Waals surface area (Å²) in [6, 6.07) is 8.04. The molecule has 6 nitrogen and oxygen atoms in total. The second kappa shape index (κ2) is 7.00. The second-order valence-electron chi connectivity index (χ2n) is 5.76. The average Bonchev–Trinajstić information content (AvgIpc) is 2.49. The molecule has 0 spiro atoms. The minimum Gasteiger partial charge on any atom is -0.475 e. The van der Waals surface area contributed by atoms with Crippen molar-refractivity contribution in [2.45, 2.75) is 38.7 Å². The molecule has 0 aliphatic carbocycles. The van der Waals surface area contributed by atoms with Crippen molar-refractivity contribution in [2.24, 2.45) is 0 Å². The van der Waals surface area contributed by atoms with Gasteiger partial charge < -0.3 is 4.74 Å². The number of ether oxygens (including phenoxy) is 1. The molecule has 1 heterocycles. The van der Waals surface area contributed by atoms with Gasteiger partial charge in [-0.05, 0) is 51.0 Å². The minimum atomic E-state index is -3.95. The third-order valence-corrected chi connectivity index (χ3v) is 4.69. The fourth-order valence-corrected chi connectivity index (χ4v) is 3.36. The molecule has 1 aromatic heterocycles. The second-order valence-corrected chi connectivity index (χ2v) is 7.41. The van der Waals surface area contributed by atoms with Crippen LogP contribution in [0.15, 0.2) is 41.4 Å². The summed E-state index contributed by atoms with van der Waals surface area (Å²) in [7, 11) is -3.95. The first-order valence-corrected chi connectivity index (χ1v) is 8.94. The first kappa shape index (κ1) is 17.9. The van der Waals surface area contributed by atoms with Gasteiger partial charge in [-0.2, -0.15) is 0 Å². The molecule has 0 fully saturated rings. The van der Waals surface area contributed by atoms with Gasteiger partial charge in [0.1, 0.15) is 0 Å². The topological polar surface area (TPSA) is 85.4 Å². The molecule has 0 aliphatic heterocycles. The largest absolute Gasteiger partial charge is 0.475 e. The Balaban J connectivity index is 2.20. The monoisotopic (exact) mass is 348 g/mol. The Labute approximate surface area is 141 Å². The molecule has 0 atom stereocenters. The van der Waals surface area contributed by atoms with Gasteiger partial charge >= 0.3 is 0 Å². The highest BCUT2D eigenvalue weighted by Gasteiger charge is 2.21. The van der Waals surface area contributed by atoms with E-state index in [1.54, 1.807) is 19.9 Å². The van der Waals surface area contributed by atoms with Crippen LogP contribution in [0.25, 0.3) is 0 Å². The highest BCUT2D eigenvalue weighted by molar-refractivity contribution is 7.90. The van der Waals surface area contributed by atoms with E-state index in [-0.39, 0.29) is 16.6 Å². The number of hydrogen-bond acceptors (Lipinski definition) is 5. The standard InChI is InChI=1S/C17H20N2O4S/c1-11(2)23-16-8-7-14(10-18-16)17(20)19-24(21,22)15-9-12(3)5-6-13(15)4/h5-11H,1-4H3,(H,19,20). The predicted molar refractivity (Wildman–Crippen MR) is 90.6 cm³/mol. The number of aryl methyl sites for hydroxylation is 2. The first-order chi connectivity index (χ1) is 11.2. The van der Waals surface area contributed by atoms with Gasteiger partial charge in [0.05, 0.1) is 16.6 Å². The van der Waals surface area contributed by atoms with Crippen molar-refractivity contribution in [3.05, 3.63) is 53.2 Å². The van der Waals surface area contributed by atoms with Crippen molar-refractivity contribution in [2.75, 3.05) is 0 Å². The summed E-state index contributed by atoms with van der Waals surface area (Å²) in [6.07, 6.45) is 1.24. The van der Waals surface area contributed by atoms with Gasteiger partial charge in [-0.1, -0.05) is 12.1 Å². The molecular formula is C17H20N2O4S. The van der Waals surface area contributed by atoms with Crippen LogP contribution in [0.4, 0.5) is 0 Å². The predicted octanol–water partition coefficient (Wildman–Crippen LogP) is 2.60. The molecule has 0 bridgehead atoms. The van der Waals surface area contributed by atoms with E-state index in [0.717, 1.165) is 5.56 Å². The number of hydrogen-bond donors (Lipinski definition) is 1. The molecule has 2 aromatic rings. The zero-order valence-corrected chi connectivity index (χ0v) is 14.8. The average molecular weight is 348 g/mol. The molecule has 7 heteroatoms. The summed E-state index contributed by atoms with van der Waals surface area (Å²) in [4.78, 5) is 16.3. The Morgan fingerprint density at radius 2 is 1.88 bits per heavy atom. The van der Waals surface area contributed by atoms with Gasteiger partial charge in [-0.3, -0.25) is 4.79 Å². The first-order valence-electron chi connectivity index (χ1n) is 7.46. The molecule has 1 aromatic carbocycles. The van der Waals surface area contributed by atoms with E-state index in [2.05, 4.69) is 9.71 Å². The number of carbonyl (C=O) groups is 1. The summed E-state index contributed by atoms with van der Waals surface area (Å²) in [6.45, 7) is 7.19. The molecule has 0 unspecified atom stereocenters. The normalized spacial score (nSPS) is 11.4. The Morgan fingerprint density at radius 1 is 1.17 bits per heavy atom. The van der Waals surface area contributed by atoms with E-state index < -0.39 is 15.9 Å². The molecule has 0 aliphatic rings. The van der Waals surface area contributed by atoms with Crippen LogP contribution in [-0.4, -0.2) is 25.4 Å². The third-order valence-electron chi connectivity index (χ3n) is 3.22. The van der Waals surface area contributed by atoms with Crippen LogP contribution in [0.1, 0.15) is 35.3 Å². The van der Waals surface area contributed by atoms with E-state index in [1.165, 1.54) is 24.4 Å². The van der Waals surface area contributed by atoms with Crippen molar-refractivity contribution in [1.29, 1.82) is 0 Å². The van der Waals surface area contributed by atoms with Crippen LogP contribution in [0.5, 0.6) is 5.88 Å². The number of sulfonamides is 1. The van der Waals surface area contributed by atoms with Gasteiger partial charge in [0, 0.05) is 12.3 Å².